The molecule has 7 nitrogen and oxygen atoms in total. The average molecular weight is 476 g/mol. The van der Waals surface area contributed by atoms with Gasteiger partial charge in [0.15, 0.2) is 0 Å². The summed E-state index contributed by atoms with van der Waals surface area (Å²) in [6, 6.07) is 5.12. The molecule has 1 unspecified atom stereocenters. The topological polar surface area (TPSA) is 87.7 Å². The van der Waals surface area contributed by atoms with Gasteiger partial charge in [0.25, 0.3) is 5.91 Å². The van der Waals surface area contributed by atoms with Crippen LogP contribution in [0.2, 0.25) is 5.02 Å². The molecule has 3 aliphatic heterocycles. The number of carbonyl (C=O) groups excluding carboxylic acids is 3. The van der Waals surface area contributed by atoms with Crippen molar-refractivity contribution < 1.29 is 19.1 Å². The van der Waals surface area contributed by atoms with Gasteiger partial charge in [0.1, 0.15) is 0 Å². The lowest BCUT2D eigenvalue weighted by molar-refractivity contribution is -0.134. The Hall–Kier alpha value is -1.96. The van der Waals surface area contributed by atoms with E-state index in [0.29, 0.717) is 41.6 Å². The van der Waals surface area contributed by atoms with Crippen molar-refractivity contribution in [1.29, 1.82) is 0 Å². The second-order valence-electron chi connectivity index (χ2n) is 9.53. The summed E-state index contributed by atoms with van der Waals surface area (Å²) in [4.78, 5) is 38.7. The second kappa shape index (κ2) is 11.4. The number of imide groups is 1. The molecule has 2 N–H and O–H groups in total. The molecular weight excluding hydrogens is 442 g/mol. The summed E-state index contributed by atoms with van der Waals surface area (Å²) >= 11 is 6.34. The van der Waals surface area contributed by atoms with Crippen LogP contribution in [0.3, 0.4) is 0 Å². The maximum absolute atomic E-state index is 13.1. The number of nitrogens with one attached hydrogen (secondary N) is 2. The van der Waals surface area contributed by atoms with E-state index in [1.165, 1.54) is 12.8 Å². The van der Waals surface area contributed by atoms with Crippen LogP contribution in [0.1, 0.15) is 66.8 Å². The molecule has 0 bridgehead atoms. The molecule has 0 saturated carbocycles. The van der Waals surface area contributed by atoms with Gasteiger partial charge in [-0.25, -0.2) is 0 Å². The fourth-order valence-corrected chi connectivity index (χ4v) is 5.34. The standard InChI is InChI=1S/C25H34ClN3O4/c26-22-3-1-19(15-21(22)20-2-4-23(30)28-24(20)31)25(32)29-12-7-18(8-13-29)16-33-14-9-17-5-10-27-11-6-17/h1,3,15,17-18,20,27H,2,4-14,16H2,(H,28,30,31). The molecular formula is C25H34ClN3O4. The summed E-state index contributed by atoms with van der Waals surface area (Å²) in [5, 5.41) is 6.21. The van der Waals surface area contributed by atoms with Gasteiger partial charge < -0.3 is 15.0 Å². The van der Waals surface area contributed by atoms with Crippen LogP contribution in [0.4, 0.5) is 0 Å². The highest BCUT2D eigenvalue weighted by atomic mass is 35.5. The summed E-state index contributed by atoms with van der Waals surface area (Å²) in [6.45, 7) is 5.26. The van der Waals surface area contributed by atoms with Crippen LogP contribution in [0.5, 0.6) is 0 Å². The second-order valence-corrected chi connectivity index (χ2v) is 9.94. The molecule has 33 heavy (non-hydrogen) atoms. The smallest absolute Gasteiger partial charge is 0.253 e. The maximum atomic E-state index is 13.1. The van der Waals surface area contributed by atoms with E-state index in [1.54, 1.807) is 18.2 Å². The number of likely N-dealkylation sites (tertiary alicyclic amines) is 1. The molecule has 3 saturated heterocycles. The molecule has 3 heterocycles. The van der Waals surface area contributed by atoms with E-state index < -0.39 is 5.92 Å². The van der Waals surface area contributed by atoms with Crippen LogP contribution >= 0.6 is 11.6 Å². The first-order chi connectivity index (χ1) is 16.0. The number of rotatable bonds is 7. The lowest BCUT2D eigenvalue weighted by atomic mass is 9.89. The summed E-state index contributed by atoms with van der Waals surface area (Å²) in [7, 11) is 0. The third kappa shape index (κ3) is 6.34. The molecule has 1 atom stereocenters. The number of ether oxygens (including phenoxy) is 1. The Morgan fingerprint density at radius 3 is 2.55 bits per heavy atom. The Morgan fingerprint density at radius 1 is 1.06 bits per heavy atom. The fraction of sp³-hybridized carbons (Fsp3) is 0.640. The zero-order chi connectivity index (χ0) is 23.2. The third-order valence-electron chi connectivity index (χ3n) is 7.24. The Morgan fingerprint density at radius 2 is 1.82 bits per heavy atom. The fourth-order valence-electron chi connectivity index (χ4n) is 5.09. The molecule has 1 aromatic carbocycles. The van der Waals surface area contributed by atoms with Gasteiger partial charge in [-0.3, -0.25) is 19.7 Å². The van der Waals surface area contributed by atoms with Crippen LogP contribution in [0.15, 0.2) is 18.2 Å². The minimum Gasteiger partial charge on any atom is -0.381 e. The summed E-state index contributed by atoms with van der Waals surface area (Å²) in [5.74, 6) is 0.124. The van der Waals surface area contributed by atoms with Gasteiger partial charge in [0, 0.05) is 43.3 Å². The highest BCUT2D eigenvalue weighted by Crippen LogP contribution is 2.32. The van der Waals surface area contributed by atoms with Crippen molar-refractivity contribution >= 4 is 29.3 Å². The molecule has 3 fully saturated rings. The highest BCUT2D eigenvalue weighted by Gasteiger charge is 2.31. The molecule has 0 spiro atoms. The molecule has 8 heteroatoms. The van der Waals surface area contributed by atoms with Crippen LogP contribution in [0.25, 0.3) is 0 Å². The Bertz CT molecular complexity index is 863. The Balaban J connectivity index is 1.25. The van der Waals surface area contributed by atoms with Crippen molar-refractivity contribution in [3.05, 3.63) is 34.3 Å². The van der Waals surface area contributed by atoms with E-state index in [-0.39, 0.29) is 24.1 Å². The number of halogens is 1. The zero-order valence-electron chi connectivity index (χ0n) is 19.1. The number of carbonyl (C=O) groups is 3. The molecule has 0 aromatic heterocycles. The van der Waals surface area contributed by atoms with Gasteiger partial charge >= 0.3 is 0 Å². The maximum Gasteiger partial charge on any atom is 0.253 e. The van der Waals surface area contributed by atoms with Gasteiger partial charge in [-0.1, -0.05) is 11.6 Å². The predicted octanol–water partition coefficient (Wildman–Crippen LogP) is 3.12. The molecule has 4 rings (SSSR count). The van der Waals surface area contributed by atoms with Crippen LogP contribution in [-0.4, -0.2) is 62.0 Å². The quantitative estimate of drug-likeness (QED) is 0.467. The first-order valence-corrected chi connectivity index (χ1v) is 12.6. The third-order valence-corrected chi connectivity index (χ3v) is 7.59. The predicted molar refractivity (Wildman–Crippen MR) is 126 cm³/mol. The largest absolute Gasteiger partial charge is 0.381 e. The number of hydrogen-bond donors (Lipinski definition) is 2. The monoisotopic (exact) mass is 475 g/mol. The van der Waals surface area contributed by atoms with Crippen LogP contribution < -0.4 is 10.6 Å². The van der Waals surface area contributed by atoms with Crippen molar-refractivity contribution in [1.82, 2.24) is 15.5 Å². The summed E-state index contributed by atoms with van der Waals surface area (Å²) < 4.78 is 5.97. The van der Waals surface area contributed by atoms with E-state index in [4.69, 9.17) is 16.3 Å². The van der Waals surface area contributed by atoms with Gasteiger partial charge in [-0.2, -0.15) is 0 Å². The van der Waals surface area contributed by atoms with Gasteiger partial charge in [0.05, 0.1) is 5.92 Å². The van der Waals surface area contributed by atoms with Crippen molar-refractivity contribution in [2.75, 3.05) is 39.4 Å². The van der Waals surface area contributed by atoms with E-state index >= 15 is 0 Å². The van der Waals surface area contributed by atoms with Crippen LogP contribution in [0, 0.1) is 11.8 Å². The Labute approximate surface area is 200 Å². The molecule has 0 radical (unpaired) electrons. The van der Waals surface area contributed by atoms with Crippen molar-refractivity contribution in [3.8, 4) is 0 Å². The molecule has 180 valence electrons. The van der Waals surface area contributed by atoms with E-state index in [1.807, 2.05) is 4.90 Å². The van der Waals surface area contributed by atoms with E-state index in [2.05, 4.69) is 10.6 Å². The van der Waals surface area contributed by atoms with Crippen molar-refractivity contribution in [3.63, 3.8) is 0 Å². The average Bonchev–Trinajstić information content (AvgIpc) is 2.83. The highest BCUT2D eigenvalue weighted by molar-refractivity contribution is 6.32. The molecule has 3 amide bonds. The molecule has 3 aliphatic rings. The van der Waals surface area contributed by atoms with Crippen molar-refractivity contribution in [2.45, 2.75) is 50.9 Å². The van der Waals surface area contributed by atoms with Gasteiger partial charge in [0.2, 0.25) is 11.8 Å². The van der Waals surface area contributed by atoms with E-state index in [0.717, 1.165) is 51.5 Å². The zero-order valence-corrected chi connectivity index (χ0v) is 19.9. The lowest BCUT2D eigenvalue weighted by Crippen LogP contribution is -2.40. The minimum absolute atomic E-state index is 0.0366. The van der Waals surface area contributed by atoms with Gasteiger partial charge in [-0.05, 0) is 87.2 Å². The number of hydrogen-bond acceptors (Lipinski definition) is 5. The lowest BCUT2D eigenvalue weighted by Gasteiger charge is -2.32. The van der Waals surface area contributed by atoms with Crippen molar-refractivity contribution in [2.24, 2.45) is 11.8 Å². The van der Waals surface area contributed by atoms with Gasteiger partial charge in [-0.15, -0.1) is 0 Å². The minimum atomic E-state index is -0.504. The molecule has 0 aliphatic carbocycles. The number of benzene rings is 1. The first kappa shape index (κ1) is 24.2. The molecule has 1 aromatic rings. The summed E-state index contributed by atoms with van der Waals surface area (Å²) in [6.07, 6.45) is 6.20. The number of amides is 3. The number of piperidine rings is 3. The van der Waals surface area contributed by atoms with E-state index in [9.17, 15) is 14.4 Å². The first-order valence-electron chi connectivity index (χ1n) is 12.2. The summed E-state index contributed by atoms with van der Waals surface area (Å²) in [5.41, 5.74) is 1.15. The Kier molecular flexibility index (Phi) is 8.39. The SMILES string of the molecule is O=C1CCC(c2cc(C(=O)N3CCC(COCCC4CCNCC4)CC3)ccc2Cl)C(=O)N1. The number of nitrogens with zero attached hydrogens (tertiary/aromatic N) is 1. The van der Waals surface area contributed by atoms with Crippen LogP contribution in [-0.2, 0) is 14.3 Å². The normalized spacial score (nSPS) is 22.9.